The van der Waals surface area contributed by atoms with Gasteiger partial charge in [-0.3, -0.25) is 0 Å². The summed E-state index contributed by atoms with van der Waals surface area (Å²) in [5, 5.41) is 8.63. The van der Waals surface area contributed by atoms with E-state index in [1.54, 1.807) is 11.3 Å². The molecule has 0 aliphatic rings. The smallest absolute Gasteiger partial charge is 0.191 e. The summed E-state index contributed by atoms with van der Waals surface area (Å²) in [4.78, 5) is 5.82. The Balaban J connectivity index is 0.00000256. The molecular weight excluding hydrogens is 365 g/mol. The summed E-state index contributed by atoms with van der Waals surface area (Å²) in [6.07, 6.45) is 2.11. The first kappa shape index (κ1) is 17.1. The van der Waals surface area contributed by atoms with Crippen LogP contribution in [0.5, 0.6) is 0 Å². The second kappa shape index (κ2) is 11.2. The van der Waals surface area contributed by atoms with E-state index >= 15 is 0 Å². The van der Waals surface area contributed by atoms with Gasteiger partial charge in [-0.2, -0.15) is 11.8 Å². The van der Waals surface area contributed by atoms with Gasteiger partial charge < -0.3 is 10.6 Å². The molecular formula is C11H20IN3S2. The van der Waals surface area contributed by atoms with Crippen LogP contribution in [0.4, 0.5) is 0 Å². The van der Waals surface area contributed by atoms with E-state index in [4.69, 9.17) is 0 Å². The number of hydrogen-bond donors (Lipinski definition) is 2. The topological polar surface area (TPSA) is 36.4 Å². The number of thiophene rings is 1. The lowest BCUT2D eigenvalue weighted by Crippen LogP contribution is -2.38. The van der Waals surface area contributed by atoms with Gasteiger partial charge in [0.05, 0.1) is 6.54 Å². The van der Waals surface area contributed by atoms with Gasteiger partial charge in [-0.15, -0.1) is 35.3 Å². The minimum atomic E-state index is 0. The highest BCUT2D eigenvalue weighted by Gasteiger charge is 1.96. The zero-order valence-electron chi connectivity index (χ0n) is 10.2. The Hall–Kier alpha value is 0.0500. The fraction of sp³-hybridized carbons (Fsp3) is 0.545. The van der Waals surface area contributed by atoms with Crippen LogP contribution in [0.15, 0.2) is 22.5 Å². The van der Waals surface area contributed by atoms with Crippen molar-refractivity contribution in [2.24, 2.45) is 4.99 Å². The zero-order chi connectivity index (χ0) is 11.6. The normalized spacial score (nSPS) is 10.8. The molecule has 6 heteroatoms. The van der Waals surface area contributed by atoms with Gasteiger partial charge in [0.15, 0.2) is 5.96 Å². The maximum atomic E-state index is 4.52. The largest absolute Gasteiger partial charge is 0.357 e. The van der Waals surface area contributed by atoms with Gasteiger partial charge in [-0.25, -0.2) is 4.99 Å². The van der Waals surface area contributed by atoms with Crippen molar-refractivity contribution in [2.45, 2.75) is 13.5 Å². The number of aliphatic imine (C=N–C) groups is 1. The molecule has 0 atom stereocenters. The molecule has 0 unspecified atom stereocenters. The van der Waals surface area contributed by atoms with Gasteiger partial charge in [0.2, 0.25) is 0 Å². The van der Waals surface area contributed by atoms with Crippen LogP contribution >= 0.6 is 47.1 Å². The van der Waals surface area contributed by atoms with Crippen LogP contribution in [-0.2, 0) is 6.54 Å². The number of hydrogen-bond acceptors (Lipinski definition) is 3. The number of rotatable bonds is 6. The lowest BCUT2D eigenvalue weighted by atomic mass is 10.5. The van der Waals surface area contributed by atoms with Crippen molar-refractivity contribution in [2.75, 3.05) is 25.1 Å². The Morgan fingerprint density at radius 1 is 1.47 bits per heavy atom. The second-order valence-corrected chi connectivity index (χ2v) is 5.21. The molecule has 0 aliphatic heterocycles. The molecule has 0 fully saturated rings. The van der Waals surface area contributed by atoms with Gasteiger partial charge in [-0.1, -0.05) is 6.07 Å². The SMILES string of the molecule is CCNC(=NCc1cccs1)NCCSC.I. The second-order valence-electron chi connectivity index (χ2n) is 3.19. The Kier molecular flexibility index (Phi) is 11.2. The van der Waals surface area contributed by atoms with E-state index in [1.807, 2.05) is 11.8 Å². The molecule has 0 bridgehead atoms. The minimum Gasteiger partial charge on any atom is -0.357 e. The predicted octanol–water partition coefficient (Wildman–Crippen LogP) is 2.78. The van der Waals surface area contributed by atoms with Crippen molar-refractivity contribution >= 4 is 53.0 Å². The van der Waals surface area contributed by atoms with Gasteiger partial charge in [0, 0.05) is 23.7 Å². The summed E-state index contributed by atoms with van der Waals surface area (Å²) in [5.74, 6) is 2.01. The van der Waals surface area contributed by atoms with Gasteiger partial charge >= 0.3 is 0 Å². The van der Waals surface area contributed by atoms with Gasteiger partial charge in [0.1, 0.15) is 0 Å². The first-order chi connectivity index (χ1) is 7.86. The first-order valence-electron chi connectivity index (χ1n) is 5.40. The van der Waals surface area contributed by atoms with Crippen molar-refractivity contribution in [3.63, 3.8) is 0 Å². The molecule has 0 amide bonds. The van der Waals surface area contributed by atoms with Gasteiger partial charge in [-0.05, 0) is 24.6 Å². The third-order valence-corrected chi connectivity index (χ3v) is 3.39. The maximum absolute atomic E-state index is 4.52. The van der Waals surface area contributed by atoms with Crippen LogP contribution < -0.4 is 10.6 Å². The highest BCUT2D eigenvalue weighted by Crippen LogP contribution is 2.09. The molecule has 1 aromatic rings. The van der Waals surface area contributed by atoms with E-state index in [9.17, 15) is 0 Å². The van der Waals surface area contributed by atoms with Gasteiger partial charge in [0.25, 0.3) is 0 Å². The Morgan fingerprint density at radius 3 is 2.88 bits per heavy atom. The number of nitrogens with one attached hydrogen (secondary N) is 2. The Labute approximate surface area is 129 Å². The van der Waals surface area contributed by atoms with E-state index in [2.05, 4.69) is 46.3 Å². The molecule has 0 radical (unpaired) electrons. The average molecular weight is 385 g/mol. The predicted molar refractivity (Wildman–Crippen MR) is 90.9 cm³/mol. The molecule has 1 rings (SSSR count). The zero-order valence-corrected chi connectivity index (χ0v) is 14.2. The van der Waals surface area contributed by atoms with Crippen LogP contribution in [0, 0.1) is 0 Å². The van der Waals surface area contributed by atoms with E-state index in [0.717, 1.165) is 31.3 Å². The van der Waals surface area contributed by atoms with Crippen LogP contribution in [0.25, 0.3) is 0 Å². The fourth-order valence-corrected chi connectivity index (χ4v) is 2.11. The number of guanidine groups is 1. The molecule has 98 valence electrons. The Bertz CT molecular complexity index is 302. The first-order valence-corrected chi connectivity index (χ1v) is 7.67. The molecule has 1 heterocycles. The lowest BCUT2D eigenvalue weighted by molar-refractivity contribution is 0.845. The molecule has 0 spiro atoms. The number of nitrogens with zero attached hydrogens (tertiary/aromatic N) is 1. The lowest BCUT2D eigenvalue weighted by Gasteiger charge is -2.10. The number of halogens is 1. The third-order valence-electron chi connectivity index (χ3n) is 1.92. The van der Waals surface area contributed by atoms with Crippen molar-refractivity contribution in [3.05, 3.63) is 22.4 Å². The maximum Gasteiger partial charge on any atom is 0.191 e. The summed E-state index contributed by atoms with van der Waals surface area (Å²) in [5.41, 5.74) is 0. The molecule has 17 heavy (non-hydrogen) atoms. The van der Waals surface area contributed by atoms with Crippen molar-refractivity contribution < 1.29 is 0 Å². The standard InChI is InChI=1S/C11H19N3S2.HI/c1-3-12-11(13-6-8-15-2)14-9-10-5-4-7-16-10;/h4-5,7H,3,6,8-9H2,1-2H3,(H2,12,13,14);1H. The highest BCUT2D eigenvalue weighted by molar-refractivity contribution is 14.0. The molecule has 0 aromatic carbocycles. The van der Waals surface area contributed by atoms with Crippen LogP contribution in [0.1, 0.15) is 11.8 Å². The summed E-state index contributed by atoms with van der Waals surface area (Å²) >= 11 is 3.58. The third kappa shape index (κ3) is 7.88. The van der Waals surface area contributed by atoms with E-state index in [-0.39, 0.29) is 24.0 Å². The molecule has 1 aromatic heterocycles. The molecule has 0 saturated carbocycles. The van der Waals surface area contributed by atoms with Crippen molar-refractivity contribution in [3.8, 4) is 0 Å². The van der Waals surface area contributed by atoms with Crippen molar-refractivity contribution in [1.29, 1.82) is 0 Å². The quantitative estimate of drug-likeness (QED) is 0.342. The van der Waals surface area contributed by atoms with E-state index < -0.39 is 0 Å². The fourth-order valence-electron chi connectivity index (χ4n) is 1.17. The minimum absolute atomic E-state index is 0. The van der Waals surface area contributed by atoms with E-state index in [0.29, 0.717) is 0 Å². The summed E-state index contributed by atoms with van der Waals surface area (Å²) in [6.45, 7) is 4.69. The number of thioether (sulfide) groups is 1. The summed E-state index contributed by atoms with van der Waals surface area (Å²) in [6, 6.07) is 4.17. The Morgan fingerprint density at radius 2 is 2.29 bits per heavy atom. The van der Waals surface area contributed by atoms with Crippen LogP contribution in [-0.4, -0.2) is 31.1 Å². The monoisotopic (exact) mass is 385 g/mol. The molecule has 0 aliphatic carbocycles. The molecule has 3 nitrogen and oxygen atoms in total. The van der Waals surface area contributed by atoms with E-state index in [1.165, 1.54) is 4.88 Å². The van der Waals surface area contributed by atoms with Crippen molar-refractivity contribution in [1.82, 2.24) is 10.6 Å². The molecule has 2 N–H and O–H groups in total. The van der Waals surface area contributed by atoms with Crippen LogP contribution in [0.3, 0.4) is 0 Å². The average Bonchev–Trinajstić information content (AvgIpc) is 2.79. The summed E-state index contributed by atoms with van der Waals surface area (Å²) in [7, 11) is 0. The summed E-state index contributed by atoms with van der Waals surface area (Å²) < 4.78 is 0. The highest BCUT2D eigenvalue weighted by atomic mass is 127. The van der Waals surface area contributed by atoms with Crippen LogP contribution in [0.2, 0.25) is 0 Å². The molecule has 0 saturated heterocycles.